The molecule has 0 spiro atoms. The van der Waals surface area contributed by atoms with Gasteiger partial charge < -0.3 is 9.47 Å². The molecule has 0 aromatic rings. The molecular formula is C22H44N2O6SSi. The second-order valence-electron chi connectivity index (χ2n) is 11.8. The summed E-state index contributed by atoms with van der Waals surface area (Å²) in [6.07, 6.45) is 1.76. The Labute approximate surface area is 195 Å². The fourth-order valence-electron chi connectivity index (χ4n) is 3.34. The van der Waals surface area contributed by atoms with Gasteiger partial charge in [0, 0.05) is 14.6 Å². The van der Waals surface area contributed by atoms with Crippen molar-refractivity contribution in [3.63, 3.8) is 0 Å². The van der Waals surface area contributed by atoms with Crippen LogP contribution in [0.25, 0.3) is 0 Å². The predicted molar refractivity (Wildman–Crippen MR) is 130 cm³/mol. The van der Waals surface area contributed by atoms with Gasteiger partial charge in [-0.15, -0.1) is 0 Å². The molecule has 0 amide bonds. The largest absolute Gasteiger partial charge is 0.459 e. The fourth-order valence-corrected chi connectivity index (χ4v) is 7.63. The number of nitrogens with one attached hydrogen (secondary N) is 1. The Bertz CT molecular complexity index is 750. The maximum Gasteiger partial charge on any atom is 0.324 e. The van der Waals surface area contributed by atoms with Crippen molar-refractivity contribution in [1.82, 2.24) is 9.62 Å². The van der Waals surface area contributed by atoms with Gasteiger partial charge in [0.15, 0.2) is 0 Å². The van der Waals surface area contributed by atoms with Crippen LogP contribution in [0.4, 0.5) is 0 Å². The number of carbonyl (C=O) groups is 2. The van der Waals surface area contributed by atoms with Gasteiger partial charge in [-0.25, -0.2) is 13.1 Å². The van der Waals surface area contributed by atoms with Crippen molar-refractivity contribution >= 4 is 30.0 Å². The van der Waals surface area contributed by atoms with Crippen LogP contribution in [0.5, 0.6) is 0 Å². The molecule has 1 fully saturated rings. The quantitative estimate of drug-likeness (QED) is 0.369. The lowest BCUT2D eigenvalue weighted by Gasteiger charge is -2.29. The molecule has 1 aliphatic rings. The number of likely N-dealkylation sites (tertiary alicyclic amines) is 1. The lowest BCUT2D eigenvalue weighted by Crippen LogP contribution is -2.48. The maximum atomic E-state index is 12.8. The topological polar surface area (TPSA) is 102 Å². The summed E-state index contributed by atoms with van der Waals surface area (Å²) in [6.45, 7) is 18.2. The van der Waals surface area contributed by atoms with E-state index in [1.54, 1.807) is 20.8 Å². The molecule has 0 bridgehead atoms. The van der Waals surface area contributed by atoms with E-state index in [1.807, 2.05) is 25.7 Å². The van der Waals surface area contributed by atoms with Crippen molar-refractivity contribution in [3.8, 4) is 0 Å². The van der Waals surface area contributed by atoms with Crippen LogP contribution < -0.4 is 4.72 Å². The summed E-state index contributed by atoms with van der Waals surface area (Å²) >= 11 is 0. The molecule has 188 valence electrons. The van der Waals surface area contributed by atoms with Crippen molar-refractivity contribution in [2.24, 2.45) is 0 Å². The van der Waals surface area contributed by atoms with Crippen LogP contribution in [0.3, 0.4) is 0 Å². The lowest BCUT2D eigenvalue weighted by molar-refractivity contribution is -0.160. The molecule has 0 aromatic carbocycles. The Balaban J connectivity index is 2.89. The van der Waals surface area contributed by atoms with E-state index >= 15 is 0 Å². The summed E-state index contributed by atoms with van der Waals surface area (Å²) in [5.74, 6) is -0.881. The SMILES string of the molecule is CC(C)(C)OC(=O)[C@H](CCN1CCC[C@H]1C(=O)OC(C)(C)C)NS(=O)(=O)CC[Si](C)(C)C. The zero-order valence-corrected chi connectivity index (χ0v) is 23.2. The van der Waals surface area contributed by atoms with E-state index in [0.717, 1.165) is 6.42 Å². The molecule has 1 saturated heterocycles. The zero-order chi connectivity index (χ0) is 25.0. The molecule has 0 aromatic heterocycles. The highest BCUT2D eigenvalue weighted by molar-refractivity contribution is 7.89. The number of sulfonamides is 1. The van der Waals surface area contributed by atoms with Gasteiger partial charge in [-0.05, 0) is 73.4 Å². The molecular weight excluding hydrogens is 448 g/mol. The molecule has 1 heterocycles. The van der Waals surface area contributed by atoms with Crippen LogP contribution in [-0.4, -0.2) is 75.5 Å². The zero-order valence-electron chi connectivity index (χ0n) is 21.4. The molecule has 0 radical (unpaired) electrons. The molecule has 32 heavy (non-hydrogen) atoms. The molecule has 2 atom stereocenters. The molecule has 1 aliphatic heterocycles. The summed E-state index contributed by atoms with van der Waals surface area (Å²) in [5, 5.41) is 0. The molecule has 0 saturated carbocycles. The van der Waals surface area contributed by atoms with E-state index in [1.165, 1.54) is 0 Å². The van der Waals surface area contributed by atoms with E-state index in [4.69, 9.17) is 9.47 Å². The van der Waals surface area contributed by atoms with Gasteiger partial charge in [-0.2, -0.15) is 0 Å². The molecule has 1 N–H and O–H groups in total. The van der Waals surface area contributed by atoms with Gasteiger partial charge in [-0.3, -0.25) is 14.5 Å². The molecule has 0 unspecified atom stereocenters. The van der Waals surface area contributed by atoms with E-state index in [2.05, 4.69) is 24.4 Å². The Kier molecular flexibility index (Phi) is 9.96. The van der Waals surface area contributed by atoms with Gasteiger partial charge >= 0.3 is 11.9 Å². The van der Waals surface area contributed by atoms with Crippen LogP contribution in [0, 0.1) is 0 Å². The Morgan fingerprint density at radius 1 is 1.06 bits per heavy atom. The van der Waals surface area contributed by atoms with Crippen molar-refractivity contribution in [2.75, 3.05) is 18.8 Å². The highest BCUT2D eigenvalue weighted by Crippen LogP contribution is 2.22. The number of hydrogen-bond donors (Lipinski definition) is 1. The van der Waals surface area contributed by atoms with Gasteiger partial charge in [0.1, 0.15) is 23.3 Å². The van der Waals surface area contributed by atoms with E-state index in [0.29, 0.717) is 25.6 Å². The summed E-state index contributed by atoms with van der Waals surface area (Å²) in [4.78, 5) is 27.4. The van der Waals surface area contributed by atoms with E-state index < -0.39 is 41.3 Å². The first-order chi connectivity index (χ1) is 14.3. The summed E-state index contributed by atoms with van der Waals surface area (Å²) in [6, 6.07) is -0.770. The van der Waals surface area contributed by atoms with Crippen molar-refractivity contribution in [3.05, 3.63) is 0 Å². The number of rotatable bonds is 10. The summed E-state index contributed by atoms with van der Waals surface area (Å²) in [7, 11) is -5.20. The minimum absolute atomic E-state index is 0.00767. The maximum absolute atomic E-state index is 12.8. The highest BCUT2D eigenvalue weighted by atomic mass is 32.2. The number of hydrogen-bond acceptors (Lipinski definition) is 7. The molecule has 1 rings (SSSR count). The molecule has 8 nitrogen and oxygen atoms in total. The first-order valence-electron chi connectivity index (χ1n) is 11.5. The summed E-state index contributed by atoms with van der Waals surface area (Å²) in [5.41, 5.74) is -1.30. The smallest absolute Gasteiger partial charge is 0.324 e. The number of nitrogens with zero attached hydrogens (tertiary/aromatic N) is 1. The molecule has 0 aliphatic carbocycles. The highest BCUT2D eigenvalue weighted by Gasteiger charge is 2.36. The standard InChI is InChI=1S/C22H44N2O6SSi/c1-21(2,3)29-19(25)17(23-31(27,28)15-16-32(7,8)9)12-14-24-13-10-11-18(24)20(26)30-22(4,5)6/h17-18,23H,10-16H2,1-9H3/t17-,18-/m0/s1. The number of esters is 2. The van der Waals surface area contributed by atoms with Crippen molar-refractivity contribution in [2.45, 2.75) is 110 Å². The average molecular weight is 493 g/mol. The lowest BCUT2D eigenvalue weighted by atomic mass is 10.1. The van der Waals surface area contributed by atoms with Crippen LogP contribution in [0.2, 0.25) is 25.7 Å². The first kappa shape index (κ1) is 29.1. The number of ether oxygens (including phenoxy) is 2. The van der Waals surface area contributed by atoms with Gasteiger partial charge in [0.2, 0.25) is 10.0 Å². The normalized spacial score (nSPS) is 19.6. The van der Waals surface area contributed by atoms with E-state index in [9.17, 15) is 18.0 Å². The predicted octanol–water partition coefficient (Wildman–Crippen LogP) is 3.15. The van der Waals surface area contributed by atoms with Crippen LogP contribution >= 0.6 is 0 Å². The fraction of sp³-hybridized carbons (Fsp3) is 0.909. The minimum atomic E-state index is -3.64. The Morgan fingerprint density at radius 3 is 2.12 bits per heavy atom. The van der Waals surface area contributed by atoms with Gasteiger partial charge in [-0.1, -0.05) is 19.6 Å². The molecule has 10 heteroatoms. The second-order valence-corrected chi connectivity index (χ2v) is 19.3. The van der Waals surface area contributed by atoms with Crippen molar-refractivity contribution in [1.29, 1.82) is 0 Å². The van der Waals surface area contributed by atoms with Crippen LogP contribution in [0.15, 0.2) is 0 Å². The second kappa shape index (κ2) is 11.0. The number of carbonyl (C=O) groups excluding carboxylic acids is 2. The van der Waals surface area contributed by atoms with Gasteiger partial charge in [0.05, 0.1) is 5.75 Å². The summed E-state index contributed by atoms with van der Waals surface area (Å²) < 4.78 is 39.0. The monoisotopic (exact) mass is 492 g/mol. The van der Waals surface area contributed by atoms with Gasteiger partial charge in [0.25, 0.3) is 0 Å². The third-order valence-corrected chi connectivity index (χ3v) is 8.38. The Hall–Kier alpha value is -0.973. The van der Waals surface area contributed by atoms with E-state index in [-0.39, 0.29) is 24.2 Å². The third-order valence-electron chi connectivity index (χ3n) is 4.88. The average Bonchev–Trinajstić information content (AvgIpc) is 3.02. The minimum Gasteiger partial charge on any atom is -0.459 e. The first-order valence-corrected chi connectivity index (χ1v) is 16.8. The van der Waals surface area contributed by atoms with Crippen LogP contribution in [0.1, 0.15) is 60.8 Å². The third kappa shape index (κ3) is 11.8. The van der Waals surface area contributed by atoms with Crippen molar-refractivity contribution < 1.29 is 27.5 Å². The van der Waals surface area contributed by atoms with Crippen LogP contribution in [-0.2, 0) is 29.1 Å². The Morgan fingerprint density at radius 2 is 1.62 bits per heavy atom.